The molecule has 0 saturated heterocycles. The zero-order valence-corrected chi connectivity index (χ0v) is 13.0. The molecule has 1 N–H and O–H groups in total. The highest BCUT2D eigenvalue weighted by atomic mass is 35.5. The summed E-state index contributed by atoms with van der Waals surface area (Å²) in [5.41, 5.74) is 0.834. The van der Waals surface area contributed by atoms with E-state index in [0.29, 0.717) is 21.3 Å². The van der Waals surface area contributed by atoms with Crippen molar-refractivity contribution in [2.45, 2.75) is 6.92 Å². The smallest absolute Gasteiger partial charge is 0.267 e. The molecule has 2 nitrogen and oxygen atoms in total. The number of benzene rings is 2. The Hall–Kier alpha value is -1.98. The summed E-state index contributed by atoms with van der Waals surface area (Å²) in [7, 11) is 0. The van der Waals surface area contributed by atoms with Gasteiger partial charge in [0.1, 0.15) is 16.5 Å². The summed E-state index contributed by atoms with van der Waals surface area (Å²) < 4.78 is 27.3. The second-order valence-electron chi connectivity index (χ2n) is 4.80. The zero-order valence-electron chi connectivity index (χ0n) is 11.4. The van der Waals surface area contributed by atoms with E-state index < -0.39 is 17.5 Å². The van der Waals surface area contributed by atoms with E-state index in [2.05, 4.69) is 5.32 Å². The highest BCUT2D eigenvalue weighted by Crippen LogP contribution is 2.36. The van der Waals surface area contributed by atoms with Crippen LogP contribution in [0.1, 0.15) is 15.2 Å². The molecule has 0 fully saturated rings. The number of hydrogen-bond donors (Lipinski definition) is 1. The summed E-state index contributed by atoms with van der Waals surface area (Å²) in [6.45, 7) is 1.64. The van der Waals surface area contributed by atoms with Crippen LogP contribution in [0.5, 0.6) is 0 Å². The number of anilines is 1. The lowest BCUT2D eigenvalue weighted by Crippen LogP contribution is -2.10. The van der Waals surface area contributed by atoms with E-state index in [-0.39, 0.29) is 9.90 Å². The Morgan fingerprint density at radius 1 is 1.18 bits per heavy atom. The molecule has 0 unspecified atom stereocenters. The topological polar surface area (TPSA) is 29.1 Å². The van der Waals surface area contributed by atoms with Gasteiger partial charge in [0.2, 0.25) is 0 Å². The number of thiophene rings is 1. The van der Waals surface area contributed by atoms with Crippen molar-refractivity contribution in [2.75, 3.05) is 5.32 Å². The van der Waals surface area contributed by atoms with Crippen LogP contribution < -0.4 is 5.32 Å². The van der Waals surface area contributed by atoms with Crippen LogP contribution in [-0.4, -0.2) is 5.91 Å². The highest BCUT2D eigenvalue weighted by Gasteiger charge is 2.18. The Balaban J connectivity index is 1.94. The van der Waals surface area contributed by atoms with Crippen molar-refractivity contribution < 1.29 is 13.6 Å². The summed E-state index contributed by atoms with van der Waals surface area (Å²) in [4.78, 5) is 12.6. The maximum absolute atomic E-state index is 13.5. The van der Waals surface area contributed by atoms with E-state index in [4.69, 9.17) is 11.6 Å². The molecule has 2 aromatic carbocycles. The lowest BCUT2D eigenvalue weighted by Gasteiger charge is -2.05. The fraction of sp³-hybridized carbons (Fsp3) is 0.0625. The average Bonchev–Trinajstić information content (AvgIpc) is 2.79. The minimum atomic E-state index is -0.449. The van der Waals surface area contributed by atoms with Crippen molar-refractivity contribution in [3.63, 3.8) is 0 Å². The first-order valence-electron chi connectivity index (χ1n) is 6.41. The molecule has 0 atom stereocenters. The second kappa shape index (κ2) is 5.66. The number of fused-ring (bicyclic) bond motifs is 1. The molecule has 0 aliphatic heterocycles. The van der Waals surface area contributed by atoms with Gasteiger partial charge < -0.3 is 5.32 Å². The van der Waals surface area contributed by atoms with E-state index in [9.17, 15) is 13.6 Å². The molecular formula is C16H10ClF2NOS. The molecule has 0 bridgehead atoms. The Kier molecular flexibility index (Phi) is 3.85. The van der Waals surface area contributed by atoms with Gasteiger partial charge in [-0.2, -0.15) is 0 Å². The Bertz CT molecular complexity index is 891. The molecule has 0 spiro atoms. The number of rotatable bonds is 2. The van der Waals surface area contributed by atoms with Crippen LogP contribution in [0.3, 0.4) is 0 Å². The lowest BCUT2D eigenvalue weighted by atomic mass is 10.2. The number of carbonyl (C=O) groups excluding carboxylic acids is 1. The number of aryl methyl sites for hydroxylation is 1. The van der Waals surface area contributed by atoms with Crippen LogP contribution in [0.25, 0.3) is 10.1 Å². The van der Waals surface area contributed by atoms with E-state index in [1.165, 1.54) is 24.3 Å². The van der Waals surface area contributed by atoms with Gasteiger partial charge in [0.15, 0.2) is 0 Å². The van der Waals surface area contributed by atoms with Crippen molar-refractivity contribution in [3.05, 3.63) is 63.5 Å². The summed E-state index contributed by atoms with van der Waals surface area (Å²) in [5, 5.41) is 3.48. The first-order valence-corrected chi connectivity index (χ1v) is 7.60. The number of carbonyl (C=O) groups is 1. The maximum atomic E-state index is 13.5. The highest BCUT2D eigenvalue weighted by molar-refractivity contribution is 7.21. The van der Waals surface area contributed by atoms with Gasteiger partial charge >= 0.3 is 0 Å². The molecule has 22 heavy (non-hydrogen) atoms. The van der Waals surface area contributed by atoms with E-state index in [1.54, 1.807) is 19.1 Å². The Morgan fingerprint density at radius 2 is 1.95 bits per heavy atom. The molecule has 0 aliphatic rings. The number of hydrogen-bond acceptors (Lipinski definition) is 2. The van der Waals surface area contributed by atoms with Crippen LogP contribution in [-0.2, 0) is 0 Å². The minimum Gasteiger partial charge on any atom is -0.321 e. The van der Waals surface area contributed by atoms with Crippen LogP contribution in [0.4, 0.5) is 14.5 Å². The van der Waals surface area contributed by atoms with Crippen LogP contribution in [0.15, 0.2) is 36.4 Å². The Morgan fingerprint density at radius 3 is 2.68 bits per heavy atom. The molecule has 3 aromatic rings. The third-order valence-corrected chi connectivity index (χ3v) is 4.88. The predicted molar refractivity (Wildman–Crippen MR) is 85.9 cm³/mol. The van der Waals surface area contributed by atoms with Gasteiger partial charge in [-0.3, -0.25) is 4.79 Å². The van der Waals surface area contributed by atoms with Gasteiger partial charge in [0, 0.05) is 15.8 Å². The van der Waals surface area contributed by atoms with Crippen molar-refractivity contribution in [1.82, 2.24) is 0 Å². The van der Waals surface area contributed by atoms with E-state index in [1.807, 2.05) is 0 Å². The first kappa shape index (κ1) is 14.9. The molecule has 3 rings (SSSR count). The van der Waals surface area contributed by atoms with Gasteiger partial charge in [-0.1, -0.05) is 17.7 Å². The van der Waals surface area contributed by atoms with Crippen molar-refractivity contribution in [3.8, 4) is 0 Å². The monoisotopic (exact) mass is 337 g/mol. The average molecular weight is 338 g/mol. The van der Waals surface area contributed by atoms with Gasteiger partial charge in [0.05, 0.1) is 5.02 Å². The fourth-order valence-corrected chi connectivity index (χ4v) is 3.48. The number of nitrogens with one attached hydrogen (secondary N) is 1. The van der Waals surface area contributed by atoms with E-state index >= 15 is 0 Å². The van der Waals surface area contributed by atoms with Crippen molar-refractivity contribution in [1.29, 1.82) is 0 Å². The molecule has 0 aliphatic carbocycles. The molecule has 1 amide bonds. The van der Waals surface area contributed by atoms with Crippen LogP contribution in [0, 0.1) is 18.6 Å². The standard InChI is InChI=1S/C16H10ClF2NOS/c1-8-2-4-10(7-12(8)19)20-16(21)15-14(17)11-5-3-9(18)6-13(11)22-15/h2-7H,1H3,(H,20,21). The predicted octanol–water partition coefficient (Wildman–Crippen LogP) is 5.39. The number of halogens is 3. The summed E-state index contributed by atoms with van der Waals surface area (Å²) >= 11 is 7.28. The minimum absolute atomic E-state index is 0.267. The third-order valence-electron chi connectivity index (χ3n) is 3.23. The number of amides is 1. The van der Waals surface area contributed by atoms with Gasteiger partial charge in [-0.05, 0) is 42.8 Å². The normalized spacial score (nSPS) is 10.9. The van der Waals surface area contributed by atoms with Crippen LogP contribution >= 0.6 is 22.9 Å². The zero-order chi connectivity index (χ0) is 15.9. The Labute approximate surface area is 134 Å². The SMILES string of the molecule is Cc1ccc(NC(=O)c2sc3cc(F)ccc3c2Cl)cc1F. The summed E-state index contributed by atoms with van der Waals surface area (Å²) in [6, 6.07) is 8.58. The third kappa shape index (κ3) is 2.69. The van der Waals surface area contributed by atoms with Crippen molar-refractivity contribution >= 4 is 44.6 Å². The molecule has 1 heterocycles. The molecule has 6 heteroatoms. The van der Waals surface area contributed by atoms with E-state index in [0.717, 1.165) is 11.3 Å². The van der Waals surface area contributed by atoms with Gasteiger partial charge in [-0.25, -0.2) is 8.78 Å². The fourth-order valence-electron chi connectivity index (χ4n) is 2.04. The van der Waals surface area contributed by atoms with Gasteiger partial charge in [0.25, 0.3) is 5.91 Å². The molecule has 0 radical (unpaired) electrons. The molecule has 1 aromatic heterocycles. The second-order valence-corrected chi connectivity index (χ2v) is 6.23. The largest absolute Gasteiger partial charge is 0.321 e. The first-order chi connectivity index (χ1) is 10.5. The summed E-state index contributed by atoms with van der Waals surface area (Å²) in [5.74, 6) is -1.24. The molecule has 112 valence electrons. The lowest BCUT2D eigenvalue weighted by molar-refractivity contribution is 0.103. The van der Waals surface area contributed by atoms with Gasteiger partial charge in [-0.15, -0.1) is 11.3 Å². The maximum Gasteiger partial charge on any atom is 0.267 e. The molecule has 0 saturated carbocycles. The molecular weight excluding hydrogens is 328 g/mol. The summed E-state index contributed by atoms with van der Waals surface area (Å²) in [6.07, 6.45) is 0. The quantitative estimate of drug-likeness (QED) is 0.667. The van der Waals surface area contributed by atoms with Crippen molar-refractivity contribution in [2.24, 2.45) is 0 Å². The van der Waals surface area contributed by atoms with Crippen LogP contribution in [0.2, 0.25) is 5.02 Å².